The molecule has 0 bridgehead atoms. The highest BCUT2D eigenvalue weighted by Crippen LogP contribution is 2.35. The van der Waals surface area contributed by atoms with Crippen LogP contribution >= 0.6 is 0 Å². The third kappa shape index (κ3) is 3.59. The summed E-state index contributed by atoms with van der Waals surface area (Å²) in [5.41, 5.74) is 4.62. The van der Waals surface area contributed by atoms with Gasteiger partial charge in [0.05, 0.1) is 0 Å². The molecule has 1 fully saturated rings. The second-order valence-electron chi connectivity index (χ2n) is 8.18. The zero-order valence-electron chi connectivity index (χ0n) is 17.1. The fourth-order valence-electron chi connectivity index (χ4n) is 4.76. The Morgan fingerprint density at radius 1 is 0.964 bits per heavy atom. The van der Waals surface area contributed by atoms with Gasteiger partial charge in [0, 0.05) is 45.6 Å². The topological polar surface area (TPSA) is 35.6 Å². The molecular weight excluding hydrogens is 346 g/mol. The Hall–Kier alpha value is -2.17. The van der Waals surface area contributed by atoms with Crippen LogP contribution < -0.4 is 5.32 Å². The van der Waals surface area contributed by atoms with Crippen molar-refractivity contribution in [2.45, 2.75) is 38.8 Å². The monoisotopic (exact) mass is 377 g/mol. The minimum atomic E-state index is -0.452. The molecule has 2 aromatic rings. The van der Waals surface area contributed by atoms with Crippen LogP contribution in [-0.2, 0) is 24.2 Å². The summed E-state index contributed by atoms with van der Waals surface area (Å²) in [6.45, 7) is 10.00. The van der Waals surface area contributed by atoms with Crippen molar-refractivity contribution in [3.05, 3.63) is 70.8 Å². The molecule has 0 radical (unpaired) electrons. The van der Waals surface area contributed by atoms with E-state index in [2.05, 4.69) is 65.4 Å². The third-order valence-electron chi connectivity index (χ3n) is 6.63. The second-order valence-corrected chi connectivity index (χ2v) is 8.18. The van der Waals surface area contributed by atoms with Crippen LogP contribution in [0.3, 0.4) is 0 Å². The van der Waals surface area contributed by atoms with Gasteiger partial charge in [0.2, 0.25) is 5.91 Å². The van der Waals surface area contributed by atoms with Gasteiger partial charge >= 0.3 is 0 Å². The molecule has 4 rings (SSSR count). The van der Waals surface area contributed by atoms with E-state index in [1.807, 2.05) is 12.1 Å². The molecule has 2 aliphatic rings. The summed E-state index contributed by atoms with van der Waals surface area (Å²) in [7, 11) is 0. The van der Waals surface area contributed by atoms with Crippen molar-refractivity contribution in [3.8, 4) is 0 Å². The quantitative estimate of drug-likeness (QED) is 0.870. The SMILES string of the molecule is CCN1CCN(C2(C(=O)NCc3ccccc3C)Cc3ccccc3C2)CC1. The lowest BCUT2D eigenvalue weighted by atomic mass is 9.90. The number of fused-ring (bicyclic) bond motifs is 1. The first-order valence-corrected chi connectivity index (χ1v) is 10.5. The minimum absolute atomic E-state index is 0.178. The number of benzene rings is 2. The fourth-order valence-corrected chi connectivity index (χ4v) is 4.76. The van der Waals surface area contributed by atoms with Gasteiger partial charge in [-0.1, -0.05) is 55.5 Å². The lowest BCUT2D eigenvalue weighted by Gasteiger charge is -2.44. The first-order valence-electron chi connectivity index (χ1n) is 10.5. The lowest BCUT2D eigenvalue weighted by Crippen LogP contribution is -2.64. The summed E-state index contributed by atoms with van der Waals surface area (Å²) in [5.74, 6) is 0.178. The summed E-state index contributed by atoms with van der Waals surface area (Å²) >= 11 is 0. The van der Waals surface area contributed by atoms with Gasteiger partial charge in [-0.3, -0.25) is 9.69 Å². The smallest absolute Gasteiger partial charge is 0.241 e. The van der Waals surface area contributed by atoms with Crippen LogP contribution in [0.1, 0.15) is 29.2 Å². The maximum atomic E-state index is 13.6. The van der Waals surface area contributed by atoms with Gasteiger partial charge in [0.25, 0.3) is 0 Å². The van der Waals surface area contributed by atoms with Gasteiger partial charge in [-0.05, 0) is 35.7 Å². The summed E-state index contributed by atoms with van der Waals surface area (Å²) in [4.78, 5) is 18.5. The van der Waals surface area contributed by atoms with Gasteiger partial charge in [-0.15, -0.1) is 0 Å². The molecule has 1 aliphatic carbocycles. The van der Waals surface area contributed by atoms with E-state index in [0.29, 0.717) is 6.54 Å². The average Bonchev–Trinajstić information content (AvgIpc) is 3.14. The zero-order chi connectivity index (χ0) is 19.6. The van der Waals surface area contributed by atoms with Crippen molar-refractivity contribution in [1.29, 1.82) is 0 Å². The van der Waals surface area contributed by atoms with E-state index in [-0.39, 0.29) is 5.91 Å². The van der Waals surface area contributed by atoms with Crippen LogP contribution in [0.5, 0.6) is 0 Å². The number of nitrogens with one attached hydrogen (secondary N) is 1. The number of hydrogen-bond donors (Lipinski definition) is 1. The Morgan fingerprint density at radius 2 is 1.57 bits per heavy atom. The Bertz CT molecular complexity index is 814. The highest BCUT2D eigenvalue weighted by atomic mass is 16.2. The molecular formula is C24H31N3O. The molecule has 28 heavy (non-hydrogen) atoms. The Labute approximate surface area is 168 Å². The molecule has 0 aromatic heterocycles. The molecule has 4 heteroatoms. The van der Waals surface area contributed by atoms with Crippen LogP contribution in [0.4, 0.5) is 0 Å². The van der Waals surface area contributed by atoms with Gasteiger partial charge < -0.3 is 10.2 Å². The summed E-state index contributed by atoms with van der Waals surface area (Å²) in [6, 6.07) is 16.9. The van der Waals surface area contributed by atoms with Crippen molar-refractivity contribution in [1.82, 2.24) is 15.1 Å². The number of aryl methyl sites for hydroxylation is 1. The van der Waals surface area contributed by atoms with Crippen molar-refractivity contribution < 1.29 is 4.79 Å². The minimum Gasteiger partial charge on any atom is -0.350 e. The third-order valence-corrected chi connectivity index (χ3v) is 6.63. The van der Waals surface area contributed by atoms with Crippen molar-refractivity contribution in [2.75, 3.05) is 32.7 Å². The van der Waals surface area contributed by atoms with E-state index in [4.69, 9.17) is 0 Å². The standard InChI is InChI=1S/C24H31N3O/c1-3-26-12-14-27(15-13-26)24(16-20-9-6-7-10-21(20)17-24)23(28)25-18-22-11-5-4-8-19(22)2/h4-11H,3,12-18H2,1-2H3,(H,25,28). The molecule has 1 amide bonds. The highest BCUT2D eigenvalue weighted by molar-refractivity contribution is 5.88. The number of amides is 1. The van der Waals surface area contributed by atoms with E-state index >= 15 is 0 Å². The van der Waals surface area contributed by atoms with E-state index in [0.717, 1.165) is 45.6 Å². The van der Waals surface area contributed by atoms with E-state index in [9.17, 15) is 4.79 Å². The average molecular weight is 378 g/mol. The zero-order valence-corrected chi connectivity index (χ0v) is 17.1. The molecule has 1 heterocycles. The molecule has 0 unspecified atom stereocenters. The number of hydrogen-bond acceptors (Lipinski definition) is 3. The van der Waals surface area contributed by atoms with Crippen molar-refractivity contribution >= 4 is 5.91 Å². The fraction of sp³-hybridized carbons (Fsp3) is 0.458. The highest BCUT2D eigenvalue weighted by Gasteiger charge is 2.48. The molecule has 1 N–H and O–H groups in total. The van der Waals surface area contributed by atoms with E-state index in [1.165, 1.54) is 22.3 Å². The van der Waals surface area contributed by atoms with E-state index < -0.39 is 5.54 Å². The molecule has 0 saturated carbocycles. The maximum Gasteiger partial charge on any atom is 0.241 e. The van der Waals surface area contributed by atoms with Crippen molar-refractivity contribution in [3.63, 3.8) is 0 Å². The number of nitrogens with zero attached hydrogens (tertiary/aromatic N) is 2. The maximum absolute atomic E-state index is 13.6. The van der Waals surface area contributed by atoms with Crippen LogP contribution in [0.2, 0.25) is 0 Å². The molecule has 1 aliphatic heterocycles. The summed E-state index contributed by atoms with van der Waals surface area (Å²) in [5, 5.41) is 3.29. The van der Waals surface area contributed by atoms with Gasteiger partial charge in [0.15, 0.2) is 0 Å². The first-order chi connectivity index (χ1) is 13.6. The molecule has 0 atom stereocenters. The van der Waals surface area contributed by atoms with E-state index in [1.54, 1.807) is 0 Å². The predicted molar refractivity (Wildman–Crippen MR) is 113 cm³/mol. The number of carbonyl (C=O) groups is 1. The lowest BCUT2D eigenvalue weighted by molar-refractivity contribution is -0.135. The molecule has 1 saturated heterocycles. The van der Waals surface area contributed by atoms with Crippen LogP contribution in [0, 0.1) is 6.92 Å². The molecule has 4 nitrogen and oxygen atoms in total. The number of piperazine rings is 1. The van der Waals surface area contributed by atoms with Gasteiger partial charge in [-0.25, -0.2) is 0 Å². The predicted octanol–water partition coefficient (Wildman–Crippen LogP) is 2.79. The molecule has 0 spiro atoms. The second kappa shape index (κ2) is 8.06. The van der Waals surface area contributed by atoms with Gasteiger partial charge in [-0.2, -0.15) is 0 Å². The normalized spacial score (nSPS) is 19.4. The Balaban J connectivity index is 1.55. The first kappa shape index (κ1) is 19.2. The molecule has 2 aromatic carbocycles. The van der Waals surface area contributed by atoms with Crippen molar-refractivity contribution in [2.24, 2.45) is 0 Å². The number of carbonyl (C=O) groups excluding carboxylic acids is 1. The van der Waals surface area contributed by atoms with Crippen LogP contribution in [-0.4, -0.2) is 54.0 Å². The Morgan fingerprint density at radius 3 is 2.18 bits per heavy atom. The molecule has 148 valence electrons. The summed E-state index contributed by atoms with van der Waals surface area (Å²) < 4.78 is 0. The van der Waals surface area contributed by atoms with Crippen LogP contribution in [0.15, 0.2) is 48.5 Å². The number of rotatable bonds is 5. The summed E-state index contributed by atoms with van der Waals surface area (Å²) in [6.07, 6.45) is 1.63. The largest absolute Gasteiger partial charge is 0.350 e. The van der Waals surface area contributed by atoms with Crippen LogP contribution in [0.25, 0.3) is 0 Å². The van der Waals surface area contributed by atoms with Gasteiger partial charge in [0.1, 0.15) is 5.54 Å². The Kier molecular flexibility index (Phi) is 5.51. The number of likely N-dealkylation sites (N-methyl/N-ethyl adjacent to an activating group) is 1.